The molecule has 41 heavy (non-hydrogen) atoms. The Kier molecular flexibility index (Phi) is 44.2. The Morgan fingerprint density at radius 1 is 0.415 bits per heavy atom. The molecule has 0 aliphatic carbocycles. The molecule has 0 bridgehead atoms. The van der Waals surface area contributed by atoms with Crippen molar-refractivity contribution in [3.05, 3.63) is 48.6 Å². The third-order valence-electron chi connectivity index (χ3n) is 6.68. The van der Waals surface area contributed by atoms with Gasteiger partial charge in [0.1, 0.15) is 0 Å². The molecule has 234 valence electrons. The predicted molar refractivity (Wildman–Crippen MR) is 174 cm³/mol. The molecule has 0 saturated carbocycles. The van der Waals surface area contributed by atoms with Gasteiger partial charge in [-0.15, -0.1) is 0 Å². The van der Waals surface area contributed by atoms with E-state index in [9.17, 15) is 9.59 Å². The summed E-state index contributed by atoms with van der Waals surface area (Å²) in [6.07, 6.45) is 44.6. The zero-order valence-corrected chi connectivity index (χ0v) is 32.5. The van der Waals surface area contributed by atoms with Gasteiger partial charge in [-0.05, 0) is 77.0 Å². The second kappa shape index (κ2) is 41.0. The van der Waals surface area contributed by atoms with E-state index in [1.54, 1.807) is 0 Å². The SMILES string of the molecule is CCCCC/C=C\C/C=C\CCCCCCCC(=O)O.CCCCC/C=C\C/C=C\CCCCCCCC(=O)O.[Hg]. The van der Waals surface area contributed by atoms with Gasteiger partial charge in [0.05, 0.1) is 0 Å². The summed E-state index contributed by atoms with van der Waals surface area (Å²) < 4.78 is 0. The maximum Gasteiger partial charge on any atom is 0.303 e. The molecule has 0 saturated heterocycles. The van der Waals surface area contributed by atoms with Gasteiger partial charge in [-0.1, -0.05) is 127 Å². The van der Waals surface area contributed by atoms with Gasteiger partial charge < -0.3 is 10.2 Å². The van der Waals surface area contributed by atoms with Crippen LogP contribution in [0, 0.1) is 0 Å². The molecule has 4 nitrogen and oxygen atoms in total. The molecule has 0 rings (SSSR count). The van der Waals surface area contributed by atoms with Gasteiger partial charge in [-0.3, -0.25) is 9.59 Å². The van der Waals surface area contributed by atoms with E-state index in [1.165, 1.54) is 89.9 Å². The largest absolute Gasteiger partial charge is 0.481 e. The van der Waals surface area contributed by atoms with Crippen LogP contribution in [0.3, 0.4) is 0 Å². The Hall–Kier alpha value is -1.16. The summed E-state index contributed by atoms with van der Waals surface area (Å²) in [6, 6.07) is 0. The number of carbonyl (C=O) groups is 2. The minimum atomic E-state index is -0.671. The van der Waals surface area contributed by atoms with Crippen molar-refractivity contribution in [1.29, 1.82) is 0 Å². The Balaban J connectivity index is -0.000000688. The van der Waals surface area contributed by atoms with Gasteiger partial charge in [-0.25, -0.2) is 0 Å². The van der Waals surface area contributed by atoms with Gasteiger partial charge in [0.25, 0.3) is 0 Å². The molecule has 0 aromatic heterocycles. The molecular weight excluding hydrogens is 697 g/mol. The van der Waals surface area contributed by atoms with Crippen molar-refractivity contribution in [1.82, 2.24) is 0 Å². The Morgan fingerprint density at radius 2 is 0.683 bits per heavy atom. The molecule has 0 heterocycles. The Bertz CT molecular complexity index is 596. The molecular formula is C36H64HgO4. The van der Waals surface area contributed by atoms with Crippen LogP contribution in [0.25, 0.3) is 0 Å². The van der Waals surface area contributed by atoms with Crippen LogP contribution in [-0.2, 0) is 37.3 Å². The standard InChI is InChI=1S/2C18H32O2.Hg/c2*1-2-3-4-5-6-7-8-9-10-11-12-13-14-15-16-17-18(19)20;/h2*6-7,9-10H,2-5,8,11-17H2,1H3,(H,19,20);/b2*7-6-,10-9-;. The summed E-state index contributed by atoms with van der Waals surface area (Å²) in [5, 5.41) is 17.0. The van der Waals surface area contributed by atoms with E-state index in [0.717, 1.165) is 51.4 Å². The molecule has 5 heteroatoms. The van der Waals surface area contributed by atoms with Crippen LogP contribution < -0.4 is 0 Å². The van der Waals surface area contributed by atoms with Crippen LogP contribution in [0.15, 0.2) is 48.6 Å². The average molecular weight is 761 g/mol. The number of hydrogen-bond acceptors (Lipinski definition) is 2. The fourth-order valence-electron chi connectivity index (χ4n) is 4.18. The van der Waals surface area contributed by atoms with E-state index in [4.69, 9.17) is 10.2 Å². The minimum absolute atomic E-state index is 0. The van der Waals surface area contributed by atoms with Gasteiger partial charge in [0.15, 0.2) is 0 Å². The molecule has 0 aromatic carbocycles. The molecule has 0 aliphatic rings. The average Bonchev–Trinajstić information content (AvgIpc) is 2.93. The molecule has 0 fully saturated rings. The van der Waals surface area contributed by atoms with E-state index in [2.05, 4.69) is 62.5 Å². The van der Waals surface area contributed by atoms with Crippen molar-refractivity contribution in [2.24, 2.45) is 0 Å². The fraction of sp³-hybridized carbons (Fsp3) is 0.722. The van der Waals surface area contributed by atoms with Gasteiger partial charge in [-0.2, -0.15) is 0 Å². The first-order valence-electron chi connectivity index (χ1n) is 16.6. The van der Waals surface area contributed by atoms with Crippen molar-refractivity contribution in [2.75, 3.05) is 0 Å². The zero-order chi connectivity index (χ0) is 29.8. The zero-order valence-electron chi connectivity index (χ0n) is 27.0. The van der Waals surface area contributed by atoms with Crippen molar-refractivity contribution < 1.29 is 47.5 Å². The third-order valence-corrected chi connectivity index (χ3v) is 6.68. The van der Waals surface area contributed by atoms with Gasteiger partial charge in [0.2, 0.25) is 0 Å². The summed E-state index contributed by atoms with van der Waals surface area (Å²) in [6.45, 7) is 4.47. The van der Waals surface area contributed by atoms with Crippen molar-refractivity contribution in [3.8, 4) is 0 Å². The first-order chi connectivity index (χ1) is 19.5. The predicted octanol–water partition coefficient (Wildman–Crippen LogP) is 11.8. The number of carboxylic acid groups (broad SMARTS) is 2. The number of rotatable bonds is 28. The van der Waals surface area contributed by atoms with Crippen LogP contribution >= 0.6 is 0 Å². The number of hydrogen-bond donors (Lipinski definition) is 2. The van der Waals surface area contributed by atoms with Crippen LogP contribution in [0.5, 0.6) is 0 Å². The van der Waals surface area contributed by atoms with Gasteiger partial charge in [0, 0.05) is 40.5 Å². The van der Waals surface area contributed by atoms with E-state index < -0.39 is 11.9 Å². The van der Waals surface area contributed by atoms with Crippen molar-refractivity contribution in [2.45, 2.75) is 168 Å². The third kappa shape index (κ3) is 48.9. The van der Waals surface area contributed by atoms with E-state index in [-0.39, 0.29) is 27.7 Å². The van der Waals surface area contributed by atoms with Crippen LogP contribution in [0.1, 0.15) is 168 Å². The molecule has 0 radical (unpaired) electrons. The maximum atomic E-state index is 10.3. The Labute approximate surface area is 274 Å². The van der Waals surface area contributed by atoms with Crippen LogP contribution in [0.4, 0.5) is 0 Å². The molecule has 0 aromatic rings. The van der Waals surface area contributed by atoms with E-state index in [0.29, 0.717) is 12.8 Å². The second-order valence-electron chi connectivity index (χ2n) is 10.7. The summed E-state index contributed by atoms with van der Waals surface area (Å²) in [4.78, 5) is 20.6. The second-order valence-corrected chi connectivity index (χ2v) is 10.7. The number of allylic oxidation sites excluding steroid dienone is 8. The van der Waals surface area contributed by atoms with Crippen molar-refractivity contribution >= 4 is 11.9 Å². The molecule has 0 unspecified atom stereocenters. The van der Waals surface area contributed by atoms with E-state index >= 15 is 0 Å². The normalized spacial score (nSPS) is 11.4. The first-order valence-corrected chi connectivity index (χ1v) is 16.6. The van der Waals surface area contributed by atoms with Crippen molar-refractivity contribution in [3.63, 3.8) is 0 Å². The minimum Gasteiger partial charge on any atom is -0.481 e. The van der Waals surface area contributed by atoms with Crippen LogP contribution in [0.2, 0.25) is 0 Å². The molecule has 0 aliphatic heterocycles. The van der Waals surface area contributed by atoms with E-state index in [1.807, 2.05) is 0 Å². The maximum absolute atomic E-state index is 10.3. The quantitative estimate of drug-likeness (QED) is 0.0473. The molecule has 2 N–H and O–H groups in total. The number of aliphatic carboxylic acids is 2. The first kappa shape index (κ1) is 44.3. The Morgan fingerprint density at radius 3 is 0.976 bits per heavy atom. The van der Waals surface area contributed by atoms with Crippen LogP contribution in [-0.4, -0.2) is 22.2 Å². The molecule has 0 spiro atoms. The topological polar surface area (TPSA) is 74.6 Å². The summed E-state index contributed by atoms with van der Waals surface area (Å²) in [5.41, 5.74) is 0. The summed E-state index contributed by atoms with van der Waals surface area (Å²) in [5.74, 6) is -1.34. The van der Waals surface area contributed by atoms with Gasteiger partial charge >= 0.3 is 11.9 Å². The molecule has 0 atom stereocenters. The smallest absolute Gasteiger partial charge is 0.303 e. The monoisotopic (exact) mass is 762 g/mol. The number of carboxylic acids is 2. The fourth-order valence-corrected chi connectivity index (χ4v) is 4.18. The summed E-state index contributed by atoms with van der Waals surface area (Å²) >= 11 is 0. The molecule has 0 amide bonds. The number of unbranched alkanes of at least 4 members (excludes halogenated alkanes) is 16. The summed E-state index contributed by atoms with van der Waals surface area (Å²) in [7, 11) is 0.